The van der Waals surface area contributed by atoms with Gasteiger partial charge >= 0.3 is 6.18 Å². The highest BCUT2D eigenvalue weighted by Crippen LogP contribution is 2.34. The molecule has 0 aliphatic carbocycles. The lowest BCUT2D eigenvalue weighted by atomic mass is 9.96. The number of alkyl halides is 3. The number of benzene rings is 2. The summed E-state index contributed by atoms with van der Waals surface area (Å²) >= 11 is 0. The molecule has 1 amide bonds. The van der Waals surface area contributed by atoms with Crippen molar-refractivity contribution in [1.29, 1.82) is 0 Å². The average Bonchev–Trinajstić information content (AvgIpc) is 2.47. The van der Waals surface area contributed by atoms with Crippen molar-refractivity contribution in [3.8, 4) is 11.1 Å². The van der Waals surface area contributed by atoms with E-state index in [-0.39, 0.29) is 18.0 Å². The minimum atomic E-state index is -4.40. The molecule has 0 saturated carbocycles. The monoisotopic (exact) mass is 309 g/mol. The number of anilines is 1. The highest BCUT2D eigenvalue weighted by atomic mass is 19.4. The summed E-state index contributed by atoms with van der Waals surface area (Å²) in [4.78, 5) is 11.3. The summed E-state index contributed by atoms with van der Waals surface area (Å²) < 4.78 is 51.7. The van der Waals surface area contributed by atoms with Crippen LogP contribution in [0.5, 0.6) is 0 Å². The molecule has 1 aliphatic heterocycles. The summed E-state index contributed by atoms with van der Waals surface area (Å²) in [7, 11) is 0. The normalized spacial score (nSPS) is 14.5. The van der Waals surface area contributed by atoms with Crippen molar-refractivity contribution in [2.75, 3.05) is 5.32 Å². The highest BCUT2D eigenvalue weighted by Gasteiger charge is 2.30. The number of halogens is 4. The van der Waals surface area contributed by atoms with Crippen LogP contribution < -0.4 is 5.32 Å². The second kappa shape index (κ2) is 5.12. The van der Waals surface area contributed by atoms with Gasteiger partial charge in [-0.1, -0.05) is 12.1 Å². The summed E-state index contributed by atoms with van der Waals surface area (Å²) in [5.41, 5.74) is 1.04. The molecule has 114 valence electrons. The van der Waals surface area contributed by atoms with Gasteiger partial charge in [0.15, 0.2) is 0 Å². The van der Waals surface area contributed by atoms with Gasteiger partial charge in [-0.05, 0) is 47.4 Å². The first-order valence-corrected chi connectivity index (χ1v) is 6.64. The van der Waals surface area contributed by atoms with Gasteiger partial charge < -0.3 is 5.32 Å². The number of rotatable bonds is 1. The van der Waals surface area contributed by atoms with Crippen LogP contribution in [0.1, 0.15) is 17.5 Å². The first-order valence-electron chi connectivity index (χ1n) is 6.64. The molecule has 6 heteroatoms. The Morgan fingerprint density at radius 3 is 2.27 bits per heavy atom. The number of hydrogen-bond acceptors (Lipinski definition) is 1. The zero-order valence-electron chi connectivity index (χ0n) is 11.3. The van der Waals surface area contributed by atoms with Crippen LogP contribution in [-0.4, -0.2) is 5.91 Å². The van der Waals surface area contributed by atoms with E-state index in [0.717, 1.165) is 12.1 Å². The van der Waals surface area contributed by atoms with Gasteiger partial charge in [0.1, 0.15) is 5.82 Å². The molecule has 0 unspecified atom stereocenters. The van der Waals surface area contributed by atoms with Crippen LogP contribution >= 0.6 is 0 Å². The van der Waals surface area contributed by atoms with E-state index in [1.165, 1.54) is 18.2 Å². The predicted octanol–water partition coefficient (Wildman–Crippen LogP) is 4.40. The molecule has 1 heterocycles. The van der Waals surface area contributed by atoms with E-state index in [2.05, 4.69) is 5.32 Å². The third-order valence-electron chi connectivity index (χ3n) is 3.60. The maximum atomic E-state index is 14.1. The average molecular weight is 309 g/mol. The maximum Gasteiger partial charge on any atom is 0.416 e. The molecule has 3 rings (SSSR count). The Hall–Kier alpha value is -2.37. The standard InChI is InChI=1S/C16H11F4NO/c17-13-8-11(7-10-3-6-14(22)21-15(10)13)9-1-4-12(5-2-9)16(18,19)20/h1-2,4-5,7-8H,3,6H2,(H,21,22). The minimum Gasteiger partial charge on any atom is -0.323 e. The largest absolute Gasteiger partial charge is 0.416 e. The van der Waals surface area contributed by atoms with Crippen LogP contribution in [-0.2, 0) is 17.4 Å². The van der Waals surface area contributed by atoms with Crippen molar-refractivity contribution in [1.82, 2.24) is 0 Å². The van der Waals surface area contributed by atoms with Gasteiger partial charge in [-0.15, -0.1) is 0 Å². The van der Waals surface area contributed by atoms with Crippen molar-refractivity contribution in [2.24, 2.45) is 0 Å². The number of fused-ring (bicyclic) bond motifs is 1. The topological polar surface area (TPSA) is 29.1 Å². The molecule has 0 radical (unpaired) electrons. The SMILES string of the molecule is O=C1CCc2cc(-c3ccc(C(F)(F)F)cc3)cc(F)c2N1. The van der Waals surface area contributed by atoms with Crippen LogP contribution in [0, 0.1) is 5.82 Å². The number of amides is 1. The predicted molar refractivity (Wildman–Crippen MR) is 73.8 cm³/mol. The molecule has 0 spiro atoms. The lowest BCUT2D eigenvalue weighted by molar-refractivity contribution is -0.137. The number of carbonyl (C=O) groups is 1. The number of hydrogen-bond donors (Lipinski definition) is 1. The summed E-state index contributed by atoms with van der Waals surface area (Å²) in [6.07, 6.45) is -3.72. The van der Waals surface area contributed by atoms with E-state index >= 15 is 0 Å². The van der Waals surface area contributed by atoms with E-state index in [9.17, 15) is 22.4 Å². The van der Waals surface area contributed by atoms with Crippen molar-refractivity contribution in [3.63, 3.8) is 0 Å². The van der Waals surface area contributed by atoms with E-state index in [1.807, 2.05) is 0 Å². The van der Waals surface area contributed by atoms with Crippen LogP contribution in [0.15, 0.2) is 36.4 Å². The van der Waals surface area contributed by atoms with Gasteiger partial charge in [-0.3, -0.25) is 4.79 Å². The van der Waals surface area contributed by atoms with Gasteiger partial charge in [0, 0.05) is 6.42 Å². The van der Waals surface area contributed by atoms with Gasteiger partial charge in [-0.2, -0.15) is 13.2 Å². The molecule has 22 heavy (non-hydrogen) atoms. The molecule has 0 atom stereocenters. The third kappa shape index (κ3) is 2.68. The summed E-state index contributed by atoms with van der Waals surface area (Å²) in [6.45, 7) is 0. The maximum absolute atomic E-state index is 14.1. The van der Waals surface area contributed by atoms with Crippen molar-refractivity contribution < 1.29 is 22.4 Å². The van der Waals surface area contributed by atoms with Crippen LogP contribution in [0.3, 0.4) is 0 Å². The molecule has 0 fully saturated rings. The Labute approximate surface area is 123 Å². The van der Waals surface area contributed by atoms with E-state index in [1.54, 1.807) is 6.07 Å². The molecule has 2 aromatic rings. The molecular formula is C16H11F4NO. The minimum absolute atomic E-state index is 0.159. The van der Waals surface area contributed by atoms with Gasteiger partial charge in [0.25, 0.3) is 0 Å². The fourth-order valence-corrected chi connectivity index (χ4v) is 2.47. The van der Waals surface area contributed by atoms with Crippen molar-refractivity contribution in [2.45, 2.75) is 19.0 Å². The molecule has 2 aromatic carbocycles. The first kappa shape index (κ1) is 14.6. The highest BCUT2D eigenvalue weighted by molar-refractivity contribution is 5.94. The second-order valence-electron chi connectivity index (χ2n) is 5.12. The molecule has 0 aromatic heterocycles. The fourth-order valence-electron chi connectivity index (χ4n) is 2.47. The van der Waals surface area contributed by atoms with E-state index < -0.39 is 17.6 Å². The molecule has 1 aliphatic rings. The molecule has 1 N–H and O–H groups in total. The Balaban J connectivity index is 1.99. The molecule has 2 nitrogen and oxygen atoms in total. The van der Waals surface area contributed by atoms with Crippen LogP contribution in [0.2, 0.25) is 0 Å². The Morgan fingerprint density at radius 2 is 1.64 bits per heavy atom. The Morgan fingerprint density at radius 1 is 0.955 bits per heavy atom. The van der Waals surface area contributed by atoms with Crippen LogP contribution in [0.4, 0.5) is 23.2 Å². The van der Waals surface area contributed by atoms with Gasteiger partial charge in [-0.25, -0.2) is 4.39 Å². The van der Waals surface area contributed by atoms with Crippen molar-refractivity contribution >= 4 is 11.6 Å². The zero-order valence-corrected chi connectivity index (χ0v) is 11.3. The summed E-state index contributed by atoms with van der Waals surface area (Å²) in [5.74, 6) is -0.825. The lowest BCUT2D eigenvalue weighted by Crippen LogP contribution is -2.20. The summed E-state index contributed by atoms with van der Waals surface area (Å²) in [6, 6.07) is 7.47. The Kier molecular flexibility index (Phi) is 3.39. The smallest absolute Gasteiger partial charge is 0.323 e. The van der Waals surface area contributed by atoms with E-state index in [4.69, 9.17) is 0 Å². The van der Waals surface area contributed by atoms with E-state index in [0.29, 0.717) is 23.1 Å². The molecular weight excluding hydrogens is 298 g/mol. The van der Waals surface area contributed by atoms with Gasteiger partial charge in [0.05, 0.1) is 11.3 Å². The Bertz CT molecular complexity index is 735. The third-order valence-corrected chi connectivity index (χ3v) is 3.60. The zero-order chi connectivity index (χ0) is 15.9. The quantitative estimate of drug-likeness (QED) is 0.777. The van der Waals surface area contributed by atoms with Gasteiger partial charge in [0.2, 0.25) is 5.91 Å². The number of aryl methyl sites for hydroxylation is 1. The molecule has 0 saturated heterocycles. The first-order chi connectivity index (χ1) is 10.3. The number of carbonyl (C=O) groups excluding carboxylic acids is 1. The number of nitrogens with one attached hydrogen (secondary N) is 1. The van der Waals surface area contributed by atoms with Crippen molar-refractivity contribution in [3.05, 3.63) is 53.3 Å². The molecule has 0 bridgehead atoms. The second-order valence-corrected chi connectivity index (χ2v) is 5.12. The lowest BCUT2D eigenvalue weighted by Gasteiger charge is -2.18. The fraction of sp³-hybridized carbons (Fsp3) is 0.188. The summed E-state index contributed by atoms with van der Waals surface area (Å²) in [5, 5.41) is 2.47. The van der Waals surface area contributed by atoms with Crippen LogP contribution in [0.25, 0.3) is 11.1 Å².